The van der Waals surface area contributed by atoms with Crippen molar-refractivity contribution in [2.45, 2.75) is 260 Å². The van der Waals surface area contributed by atoms with Gasteiger partial charge in [0.05, 0.1) is 24.0 Å². The molecule has 0 bridgehead atoms. The highest BCUT2D eigenvalue weighted by atomic mass is 16.6. The van der Waals surface area contributed by atoms with Crippen LogP contribution in [-0.2, 0) is 57.2 Å². The first-order chi connectivity index (χ1) is 29.1. The molecule has 2 saturated carbocycles. The monoisotopic (exact) mass is 961 g/mol. The molecule has 12 nitrogen and oxygen atoms in total. The fraction of sp³-hybridized carbons (Fsp3) is 0.818. The van der Waals surface area contributed by atoms with Crippen molar-refractivity contribution < 1.29 is 57.2 Å². The third kappa shape index (κ3) is 35.1. The SMILES string of the molecule is C.C.C.C.C.C=C(C)C(=O)OC1(CC)CCCCCCC1.C=C(C)C(=O)OCC(=O)OCCC.CCC1(OC(=O)C(C)(C)CC)CCCCCCC1.CCCOC(=O)COC(=O)C(C)(C)CC. The Kier molecular flexibility index (Phi) is 49.1. The number of rotatable bonds is 18. The average Bonchev–Trinajstić information content (AvgIpc) is 3.22. The molecule has 12 heteroatoms. The average molecular weight is 961 g/mol. The number of esters is 6. The maximum Gasteiger partial charge on any atom is 0.344 e. The Hall–Kier alpha value is -3.70. The van der Waals surface area contributed by atoms with Crippen LogP contribution in [0.3, 0.4) is 0 Å². The van der Waals surface area contributed by atoms with E-state index in [0.29, 0.717) is 25.2 Å². The van der Waals surface area contributed by atoms with E-state index in [9.17, 15) is 28.8 Å². The van der Waals surface area contributed by atoms with Crippen LogP contribution >= 0.6 is 0 Å². The van der Waals surface area contributed by atoms with E-state index in [-0.39, 0.29) is 90.4 Å². The van der Waals surface area contributed by atoms with Crippen LogP contribution in [0, 0.1) is 10.8 Å². The first-order valence-electron chi connectivity index (χ1n) is 23.5. The van der Waals surface area contributed by atoms with Gasteiger partial charge in [0.15, 0.2) is 13.2 Å². The molecule has 2 rings (SSSR count). The molecule has 2 aliphatic carbocycles. The first kappa shape index (κ1) is 77.5. The molecule has 67 heavy (non-hydrogen) atoms. The van der Waals surface area contributed by atoms with Crippen LogP contribution in [0.25, 0.3) is 0 Å². The maximum absolute atomic E-state index is 12.3. The van der Waals surface area contributed by atoms with E-state index < -0.39 is 23.3 Å². The van der Waals surface area contributed by atoms with Gasteiger partial charge in [-0.2, -0.15) is 0 Å². The van der Waals surface area contributed by atoms with Gasteiger partial charge in [-0.25, -0.2) is 19.2 Å². The van der Waals surface area contributed by atoms with Gasteiger partial charge in [0.1, 0.15) is 11.2 Å². The van der Waals surface area contributed by atoms with Gasteiger partial charge < -0.3 is 28.4 Å². The van der Waals surface area contributed by atoms with Gasteiger partial charge in [0.2, 0.25) is 0 Å². The van der Waals surface area contributed by atoms with Gasteiger partial charge in [-0.05, 0) is 131 Å². The summed E-state index contributed by atoms with van der Waals surface area (Å²) in [6, 6.07) is 0. The zero-order valence-electron chi connectivity index (χ0n) is 41.3. The van der Waals surface area contributed by atoms with Crippen molar-refractivity contribution in [3.05, 3.63) is 24.3 Å². The van der Waals surface area contributed by atoms with Gasteiger partial charge in [-0.15, -0.1) is 0 Å². The van der Waals surface area contributed by atoms with E-state index in [0.717, 1.165) is 57.8 Å². The second kappa shape index (κ2) is 42.4. The van der Waals surface area contributed by atoms with Crippen molar-refractivity contribution >= 4 is 35.8 Å². The summed E-state index contributed by atoms with van der Waals surface area (Å²) in [6.45, 7) is 29.9. The van der Waals surface area contributed by atoms with E-state index in [1.54, 1.807) is 20.8 Å². The zero-order valence-corrected chi connectivity index (χ0v) is 41.3. The van der Waals surface area contributed by atoms with Crippen molar-refractivity contribution in [3.63, 3.8) is 0 Å². The molecule has 0 unspecified atom stereocenters. The molecule has 0 radical (unpaired) electrons. The van der Waals surface area contributed by atoms with Crippen LogP contribution in [-0.4, -0.2) is 73.4 Å². The van der Waals surface area contributed by atoms with Crippen LogP contribution in [0.2, 0.25) is 0 Å². The summed E-state index contributed by atoms with van der Waals surface area (Å²) < 4.78 is 30.5. The molecule has 0 aromatic heterocycles. The van der Waals surface area contributed by atoms with Gasteiger partial charge in [-0.3, -0.25) is 9.59 Å². The van der Waals surface area contributed by atoms with Gasteiger partial charge >= 0.3 is 35.8 Å². The van der Waals surface area contributed by atoms with E-state index in [1.165, 1.54) is 71.1 Å². The van der Waals surface area contributed by atoms with Crippen LogP contribution < -0.4 is 0 Å². The lowest BCUT2D eigenvalue weighted by atomic mass is 9.83. The van der Waals surface area contributed by atoms with Crippen molar-refractivity contribution in [1.82, 2.24) is 0 Å². The molecule has 0 saturated heterocycles. The molecule has 2 aliphatic rings. The Morgan fingerprint density at radius 2 is 0.761 bits per heavy atom. The standard InChI is InChI=1S/C16H30O2.C14H24O2.C11H20O4.C9H14O4.5CH4/c1-5-15(3,4)14(17)18-16(6-2)12-10-8-7-9-11-13-16;1-4-14(16-13(15)12(2)3)10-8-6-5-7-9-11-14;1-5-7-14-9(12)8-15-10(13)11(3,4)6-2;1-4-5-12-8(10)6-13-9(11)7(2)3;;;;;/h5-13H2,1-4H3;2,4-11H2,1,3H3;5-8H2,1-4H3;2,4-6H2,1,3H3;5*1H4. The molecule has 0 spiro atoms. The molecule has 0 atom stereocenters. The first-order valence-corrected chi connectivity index (χ1v) is 23.5. The van der Waals surface area contributed by atoms with Crippen LogP contribution in [0.15, 0.2) is 24.3 Å². The number of ether oxygens (including phenoxy) is 6. The molecule has 0 amide bonds. The van der Waals surface area contributed by atoms with E-state index in [2.05, 4.69) is 43.4 Å². The molecule has 0 N–H and O–H groups in total. The summed E-state index contributed by atoms with van der Waals surface area (Å²) in [5.41, 5.74) is -0.492. The minimum absolute atomic E-state index is 0. The van der Waals surface area contributed by atoms with Crippen LogP contribution in [0.1, 0.15) is 249 Å². The highest BCUT2D eigenvalue weighted by Gasteiger charge is 2.37. The largest absolute Gasteiger partial charge is 0.463 e. The lowest BCUT2D eigenvalue weighted by Gasteiger charge is -2.37. The lowest BCUT2D eigenvalue weighted by Crippen LogP contribution is -2.40. The number of carbonyl (C=O) groups is 6. The minimum atomic E-state index is -0.576. The molecule has 2 fully saturated rings. The fourth-order valence-electron chi connectivity index (χ4n) is 6.14. The van der Waals surface area contributed by atoms with E-state index in [4.69, 9.17) is 18.9 Å². The molecule has 0 aromatic rings. The molecule has 0 heterocycles. The second-order valence-electron chi connectivity index (χ2n) is 18.0. The summed E-state index contributed by atoms with van der Waals surface area (Å²) in [6.07, 6.45) is 21.6. The van der Waals surface area contributed by atoms with Crippen molar-refractivity contribution in [1.29, 1.82) is 0 Å². The smallest absolute Gasteiger partial charge is 0.344 e. The normalized spacial score (nSPS) is 14.7. The third-order valence-corrected chi connectivity index (χ3v) is 11.6. The topological polar surface area (TPSA) is 158 Å². The third-order valence-electron chi connectivity index (χ3n) is 11.6. The molecule has 0 aromatic carbocycles. The van der Waals surface area contributed by atoms with E-state index >= 15 is 0 Å². The molecule has 0 aliphatic heterocycles. The van der Waals surface area contributed by atoms with Crippen molar-refractivity contribution in [2.75, 3.05) is 26.4 Å². The lowest BCUT2D eigenvalue weighted by molar-refractivity contribution is -0.173. The predicted octanol–water partition coefficient (Wildman–Crippen LogP) is 15.0. The van der Waals surface area contributed by atoms with Crippen LogP contribution in [0.4, 0.5) is 0 Å². The van der Waals surface area contributed by atoms with Gasteiger partial charge in [0.25, 0.3) is 0 Å². The highest BCUT2D eigenvalue weighted by Crippen LogP contribution is 2.36. The summed E-state index contributed by atoms with van der Waals surface area (Å²) in [7, 11) is 0. The van der Waals surface area contributed by atoms with Crippen molar-refractivity contribution in [2.24, 2.45) is 10.8 Å². The number of hydrogen-bond donors (Lipinski definition) is 0. The fourth-order valence-corrected chi connectivity index (χ4v) is 6.14. The van der Waals surface area contributed by atoms with Crippen molar-refractivity contribution in [3.8, 4) is 0 Å². The Morgan fingerprint density at radius 3 is 1.07 bits per heavy atom. The quantitative estimate of drug-likeness (QED) is 0.0728. The Balaban J connectivity index is -0.000000141. The highest BCUT2D eigenvalue weighted by molar-refractivity contribution is 5.88. The summed E-state index contributed by atoms with van der Waals surface area (Å²) >= 11 is 0. The van der Waals surface area contributed by atoms with E-state index in [1.807, 2.05) is 34.6 Å². The molecule has 400 valence electrons. The van der Waals surface area contributed by atoms with Crippen LogP contribution in [0.5, 0.6) is 0 Å². The second-order valence-corrected chi connectivity index (χ2v) is 18.0. The molecular weight excluding hydrogens is 853 g/mol. The zero-order chi connectivity index (χ0) is 47.8. The summed E-state index contributed by atoms with van der Waals surface area (Å²) in [4.78, 5) is 68.0. The Bertz CT molecular complexity index is 1350. The Morgan fingerprint density at radius 1 is 0.448 bits per heavy atom. The molecular formula is C55H108O12. The number of carbonyl (C=O) groups excluding carboxylic acids is 6. The van der Waals surface area contributed by atoms with Gasteiger partial charge in [0, 0.05) is 11.1 Å². The summed E-state index contributed by atoms with van der Waals surface area (Å²) in [5, 5.41) is 0. The Labute approximate surface area is 413 Å². The predicted molar refractivity (Wildman–Crippen MR) is 279 cm³/mol. The summed E-state index contributed by atoms with van der Waals surface area (Å²) in [5.74, 6) is -2.18. The van der Waals surface area contributed by atoms with Gasteiger partial charge in [-0.1, -0.05) is 130 Å². The number of hydrogen-bond acceptors (Lipinski definition) is 12. The minimum Gasteiger partial charge on any atom is -0.463 e. The maximum atomic E-state index is 12.3.